The van der Waals surface area contributed by atoms with Crippen LogP contribution in [0.25, 0.3) is 0 Å². The third-order valence-electron chi connectivity index (χ3n) is 5.56. The molecule has 1 aliphatic carbocycles. The minimum Gasteiger partial charge on any atom is -0.395 e. The van der Waals surface area contributed by atoms with Gasteiger partial charge in [-0.25, -0.2) is 30.3 Å². The second kappa shape index (κ2) is 9.11. The van der Waals surface area contributed by atoms with Gasteiger partial charge in [0.2, 0.25) is 10.0 Å². The summed E-state index contributed by atoms with van der Waals surface area (Å²) in [5, 5.41) is 9.21. The molecule has 31 heavy (non-hydrogen) atoms. The molecule has 1 aliphatic rings. The molecular formula is C20H22ClF2NO5S2. The highest BCUT2D eigenvalue weighted by atomic mass is 35.5. The van der Waals surface area contributed by atoms with Crippen molar-refractivity contribution in [2.75, 3.05) is 12.4 Å². The molecule has 0 saturated heterocycles. The quantitative estimate of drug-likeness (QED) is 0.617. The minimum absolute atomic E-state index is 0.0835. The van der Waals surface area contributed by atoms with Gasteiger partial charge in [-0.15, -0.1) is 0 Å². The van der Waals surface area contributed by atoms with Crippen LogP contribution >= 0.6 is 11.6 Å². The van der Waals surface area contributed by atoms with Crippen molar-refractivity contribution in [2.24, 2.45) is 0 Å². The maximum atomic E-state index is 14.8. The lowest BCUT2D eigenvalue weighted by Gasteiger charge is -2.40. The highest BCUT2D eigenvalue weighted by Gasteiger charge is 2.50. The van der Waals surface area contributed by atoms with E-state index >= 15 is 0 Å². The lowest BCUT2D eigenvalue weighted by atomic mass is 9.80. The molecule has 1 fully saturated rings. The number of halogens is 3. The number of nitrogens with one attached hydrogen (secondary N) is 1. The molecule has 0 radical (unpaired) electrons. The van der Waals surface area contributed by atoms with Crippen LogP contribution in [0.15, 0.2) is 47.4 Å². The molecule has 0 unspecified atom stereocenters. The zero-order valence-electron chi connectivity index (χ0n) is 16.4. The molecule has 170 valence electrons. The molecule has 2 N–H and O–H groups in total. The van der Waals surface area contributed by atoms with Crippen LogP contribution in [0.1, 0.15) is 31.2 Å². The van der Waals surface area contributed by atoms with Gasteiger partial charge in [0.15, 0.2) is 9.84 Å². The first-order valence-electron chi connectivity index (χ1n) is 9.57. The Bertz CT molecular complexity index is 1150. The zero-order valence-corrected chi connectivity index (χ0v) is 18.8. The summed E-state index contributed by atoms with van der Waals surface area (Å²) in [6, 6.07) is 7.54. The van der Waals surface area contributed by atoms with E-state index in [0.29, 0.717) is 5.02 Å². The molecule has 2 aromatic carbocycles. The lowest BCUT2D eigenvalue weighted by Crippen LogP contribution is -2.46. The topological polar surface area (TPSA) is 101 Å². The van der Waals surface area contributed by atoms with Crippen LogP contribution in [0.2, 0.25) is 5.02 Å². The van der Waals surface area contributed by atoms with E-state index < -0.39 is 54.6 Å². The Morgan fingerprint density at radius 1 is 1.03 bits per heavy atom. The number of hydrogen-bond donors (Lipinski definition) is 2. The average Bonchev–Trinajstić information content (AvgIpc) is 2.70. The van der Waals surface area contributed by atoms with E-state index in [1.165, 1.54) is 24.3 Å². The fourth-order valence-corrected chi connectivity index (χ4v) is 7.40. The second-order valence-electron chi connectivity index (χ2n) is 7.51. The fourth-order valence-electron chi connectivity index (χ4n) is 4.00. The lowest BCUT2D eigenvalue weighted by molar-refractivity contribution is 0.312. The average molecular weight is 494 g/mol. The Morgan fingerprint density at radius 3 is 2.23 bits per heavy atom. The summed E-state index contributed by atoms with van der Waals surface area (Å²) in [6.07, 6.45) is -0.0594. The predicted octanol–water partition coefficient (Wildman–Crippen LogP) is 3.14. The molecule has 6 nitrogen and oxygen atoms in total. The molecule has 0 aromatic heterocycles. The van der Waals surface area contributed by atoms with Gasteiger partial charge in [0.05, 0.1) is 17.3 Å². The standard InChI is InChI=1S/C20H22ClF2NO5S2/c21-14-1-4-17(5-2-14)31(28,29)20(18-13-15(22)3-6-19(18)23)9-7-16(8-10-20)24-30(26,27)12-11-25/h1-6,13,16,24-25H,7-12H2. The summed E-state index contributed by atoms with van der Waals surface area (Å²) in [5.74, 6) is -2.10. The van der Waals surface area contributed by atoms with Crippen LogP contribution in [-0.4, -0.2) is 40.3 Å². The monoisotopic (exact) mass is 493 g/mol. The first kappa shape index (κ1) is 24.1. The van der Waals surface area contributed by atoms with Crippen molar-refractivity contribution in [3.05, 3.63) is 64.7 Å². The minimum atomic E-state index is -4.19. The number of aliphatic hydroxyl groups excluding tert-OH is 1. The van der Waals surface area contributed by atoms with Crippen molar-refractivity contribution >= 4 is 31.5 Å². The number of rotatable bonds is 7. The molecule has 0 bridgehead atoms. The van der Waals surface area contributed by atoms with E-state index in [9.17, 15) is 25.6 Å². The van der Waals surface area contributed by atoms with Gasteiger partial charge in [0.1, 0.15) is 16.4 Å². The van der Waals surface area contributed by atoms with Crippen molar-refractivity contribution in [1.29, 1.82) is 0 Å². The van der Waals surface area contributed by atoms with Gasteiger partial charge < -0.3 is 5.11 Å². The SMILES string of the molecule is O=S(=O)(CCO)NC1CCC(c2cc(F)ccc2F)(S(=O)(=O)c2ccc(Cl)cc2)CC1. The van der Waals surface area contributed by atoms with Gasteiger partial charge in [-0.1, -0.05) is 11.6 Å². The Balaban J connectivity index is 2.04. The highest BCUT2D eigenvalue weighted by molar-refractivity contribution is 7.92. The number of aliphatic hydroxyl groups is 1. The Labute approximate surface area is 185 Å². The largest absolute Gasteiger partial charge is 0.395 e. The second-order valence-corrected chi connectivity index (χ2v) is 12.1. The Kier molecular flexibility index (Phi) is 7.07. The van der Waals surface area contributed by atoms with Gasteiger partial charge in [0, 0.05) is 16.6 Å². The molecule has 0 spiro atoms. The van der Waals surface area contributed by atoms with Crippen LogP contribution in [0.3, 0.4) is 0 Å². The van der Waals surface area contributed by atoms with E-state index in [1.54, 1.807) is 0 Å². The Morgan fingerprint density at radius 2 is 1.65 bits per heavy atom. The van der Waals surface area contributed by atoms with Crippen molar-refractivity contribution in [1.82, 2.24) is 4.72 Å². The number of benzene rings is 2. The zero-order chi connectivity index (χ0) is 22.9. The number of sulfone groups is 1. The summed E-state index contributed by atoms with van der Waals surface area (Å²) < 4.78 is 80.7. The van der Waals surface area contributed by atoms with Crippen molar-refractivity contribution < 1.29 is 30.7 Å². The summed E-state index contributed by atoms with van der Waals surface area (Å²) in [6.45, 7) is -0.550. The molecule has 3 rings (SSSR count). The first-order chi connectivity index (χ1) is 14.5. The molecular weight excluding hydrogens is 472 g/mol. The van der Waals surface area contributed by atoms with Gasteiger partial charge in [-0.3, -0.25) is 0 Å². The molecule has 0 aliphatic heterocycles. The first-order valence-corrected chi connectivity index (χ1v) is 13.1. The molecule has 0 amide bonds. The third kappa shape index (κ3) is 4.93. The fraction of sp³-hybridized carbons (Fsp3) is 0.400. The van der Waals surface area contributed by atoms with Gasteiger partial charge >= 0.3 is 0 Å². The predicted molar refractivity (Wildman–Crippen MR) is 113 cm³/mol. The molecule has 0 heterocycles. The summed E-state index contributed by atoms with van der Waals surface area (Å²) in [4.78, 5) is -0.0835. The van der Waals surface area contributed by atoms with E-state index in [4.69, 9.17) is 16.7 Å². The smallest absolute Gasteiger partial charge is 0.214 e. The normalized spacial score (nSPS) is 22.4. The van der Waals surface area contributed by atoms with Crippen LogP contribution in [0.5, 0.6) is 0 Å². The molecule has 0 atom stereocenters. The summed E-state index contributed by atoms with van der Waals surface area (Å²) in [7, 11) is -7.93. The maximum absolute atomic E-state index is 14.8. The van der Waals surface area contributed by atoms with Gasteiger partial charge in [-0.05, 0) is 68.1 Å². The molecule has 2 aromatic rings. The highest BCUT2D eigenvalue weighted by Crippen LogP contribution is 2.48. The molecule has 1 saturated carbocycles. The summed E-state index contributed by atoms with van der Waals surface area (Å²) >= 11 is 5.86. The van der Waals surface area contributed by atoms with E-state index in [-0.39, 0.29) is 36.1 Å². The maximum Gasteiger partial charge on any atom is 0.214 e. The van der Waals surface area contributed by atoms with Gasteiger partial charge in [-0.2, -0.15) is 0 Å². The van der Waals surface area contributed by atoms with Crippen LogP contribution in [-0.2, 0) is 24.6 Å². The number of sulfonamides is 1. The van der Waals surface area contributed by atoms with Gasteiger partial charge in [0.25, 0.3) is 0 Å². The van der Waals surface area contributed by atoms with Crippen molar-refractivity contribution in [3.8, 4) is 0 Å². The van der Waals surface area contributed by atoms with Crippen LogP contribution in [0.4, 0.5) is 8.78 Å². The van der Waals surface area contributed by atoms with Crippen molar-refractivity contribution in [2.45, 2.75) is 41.4 Å². The van der Waals surface area contributed by atoms with Crippen LogP contribution in [0, 0.1) is 11.6 Å². The summed E-state index contributed by atoms with van der Waals surface area (Å²) in [5.41, 5.74) is -0.279. The van der Waals surface area contributed by atoms with Crippen molar-refractivity contribution in [3.63, 3.8) is 0 Å². The van der Waals surface area contributed by atoms with E-state index in [0.717, 1.165) is 18.2 Å². The van der Waals surface area contributed by atoms with Crippen LogP contribution < -0.4 is 4.72 Å². The third-order valence-corrected chi connectivity index (χ3v) is 9.77. The molecule has 11 heteroatoms. The van der Waals surface area contributed by atoms with E-state index in [2.05, 4.69) is 4.72 Å². The Hall–Kier alpha value is -1.59. The van der Waals surface area contributed by atoms with E-state index in [1.807, 2.05) is 0 Å². The number of hydrogen-bond acceptors (Lipinski definition) is 5.